The number of carbonyl (C=O) groups excluding carboxylic acids is 1. The number of carboxylic acids is 1. The van der Waals surface area contributed by atoms with Gasteiger partial charge in [-0.25, -0.2) is 4.79 Å². The molecule has 1 unspecified atom stereocenters. The van der Waals surface area contributed by atoms with Crippen LogP contribution in [-0.2, 0) is 14.3 Å². The third-order valence-electron chi connectivity index (χ3n) is 6.60. The van der Waals surface area contributed by atoms with E-state index in [4.69, 9.17) is 4.74 Å². The number of hydrogen-bond acceptors (Lipinski definition) is 3. The number of aliphatic carboxylic acids is 1. The Kier molecular flexibility index (Phi) is 24.7. The van der Waals surface area contributed by atoms with Crippen LogP contribution in [0.1, 0.15) is 168 Å². The van der Waals surface area contributed by atoms with Gasteiger partial charge in [0.2, 0.25) is 0 Å². The van der Waals surface area contributed by atoms with Gasteiger partial charge in [-0.2, -0.15) is 0 Å². The van der Waals surface area contributed by atoms with E-state index in [0.717, 1.165) is 38.5 Å². The molecule has 1 atom stereocenters. The van der Waals surface area contributed by atoms with Crippen molar-refractivity contribution in [1.29, 1.82) is 0 Å². The van der Waals surface area contributed by atoms with Gasteiger partial charge < -0.3 is 9.84 Å². The molecule has 4 heteroatoms. The van der Waals surface area contributed by atoms with Crippen LogP contribution in [0, 0.1) is 0 Å². The fourth-order valence-corrected chi connectivity index (χ4v) is 4.38. The molecule has 4 nitrogen and oxygen atoms in total. The van der Waals surface area contributed by atoms with Gasteiger partial charge in [-0.15, -0.1) is 0 Å². The SMILES string of the molecule is CCCCCCCCCCCCCC(=O)OC(CCCCCCCCCCCCC)C(=O)O. The summed E-state index contributed by atoms with van der Waals surface area (Å²) in [5.41, 5.74) is 0. The Labute approximate surface area is 205 Å². The number of esters is 1. The molecule has 0 aliphatic heterocycles. The van der Waals surface area contributed by atoms with E-state index in [9.17, 15) is 14.7 Å². The van der Waals surface area contributed by atoms with Crippen LogP contribution in [0.25, 0.3) is 0 Å². The third-order valence-corrected chi connectivity index (χ3v) is 6.60. The minimum atomic E-state index is -1.01. The molecule has 33 heavy (non-hydrogen) atoms. The topological polar surface area (TPSA) is 63.6 Å². The van der Waals surface area contributed by atoms with E-state index in [-0.39, 0.29) is 5.97 Å². The summed E-state index contributed by atoms with van der Waals surface area (Å²) in [4.78, 5) is 23.5. The van der Waals surface area contributed by atoms with E-state index < -0.39 is 12.1 Å². The van der Waals surface area contributed by atoms with Crippen molar-refractivity contribution in [3.05, 3.63) is 0 Å². The van der Waals surface area contributed by atoms with Crippen LogP contribution in [0.3, 0.4) is 0 Å². The highest BCUT2D eigenvalue weighted by molar-refractivity contribution is 5.77. The lowest BCUT2D eigenvalue weighted by Gasteiger charge is -2.13. The molecule has 0 radical (unpaired) electrons. The van der Waals surface area contributed by atoms with Crippen LogP contribution in [0.2, 0.25) is 0 Å². The Bertz CT molecular complexity index is 435. The molecule has 196 valence electrons. The van der Waals surface area contributed by atoms with Crippen molar-refractivity contribution >= 4 is 11.9 Å². The van der Waals surface area contributed by atoms with Crippen LogP contribution < -0.4 is 0 Å². The molecule has 0 aromatic heterocycles. The summed E-state index contributed by atoms with van der Waals surface area (Å²) >= 11 is 0. The number of ether oxygens (including phenoxy) is 1. The maximum atomic E-state index is 12.0. The van der Waals surface area contributed by atoms with E-state index >= 15 is 0 Å². The van der Waals surface area contributed by atoms with Gasteiger partial charge in [0, 0.05) is 6.42 Å². The zero-order valence-corrected chi connectivity index (χ0v) is 22.2. The van der Waals surface area contributed by atoms with Crippen molar-refractivity contribution < 1.29 is 19.4 Å². The van der Waals surface area contributed by atoms with Gasteiger partial charge >= 0.3 is 11.9 Å². The second-order valence-electron chi connectivity index (χ2n) is 9.93. The van der Waals surface area contributed by atoms with E-state index in [1.807, 2.05) is 0 Å². The Hall–Kier alpha value is -1.06. The number of unbranched alkanes of at least 4 members (excludes halogenated alkanes) is 20. The lowest BCUT2D eigenvalue weighted by molar-refractivity contribution is -0.164. The Morgan fingerprint density at radius 2 is 0.879 bits per heavy atom. The van der Waals surface area contributed by atoms with Gasteiger partial charge in [-0.1, -0.05) is 142 Å². The van der Waals surface area contributed by atoms with Crippen LogP contribution in [0.15, 0.2) is 0 Å². The number of hydrogen-bond donors (Lipinski definition) is 1. The second-order valence-corrected chi connectivity index (χ2v) is 9.93. The first-order valence-corrected chi connectivity index (χ1v) is 14.5. The predicted octanol–water partition coefficient (Wildman–Crippen LogP) is 9.39. The van der Waals surface area contributed by atoms with Crippen LogP contribution in [0.4, 0.5) is 0 Å². The van der Waals surface area contributed by atoms with E-state index in [1.54, 1.807) is 0 Å². The third kappa shape index (κ3) is 23.9. The zero-order chi connectivity index (χ0) is 24.4. The first kappa shape index (κ1) is 31.9. The van der Waals surface area contributed by atoms with Crippen molar-refractivity contribution in [3.63, 3.8) is 0 Å². The summed E-state index contributed by atoms with van der Waals surface area (Å²) in [5, 5.41) is 9.37. The predicted molar refractivity (Wildman–Crippen MR) is 140 cm³/mol. The maximum absolute atomic E-state index is 12.0. The normalized spacial score (nSPS) is 12.1. The van der Waals surface area contributed by atoms with Crippen molar-refractivity contribution in [3.8, 4) is 0 Å². The number of carbonyl (C=O) groups is 2. The number of carboxylic acid groups (broad SMARTS) is 1. The summed E-state index contributed by atoms with van der Waals surface area (Å²) in [7, 11) is 0. The monoisotopic (exact) mass is 468 g/mol. The minimum absolute atomic E-state index is 0.346. The molecule has 0 amide bonds. The van der Waals surface area contributed by atoms with Crippen molar-refractivity contribution in [2.45, 2.75) is 174 Å². The average molecular weight is 469 g/mol. The summed E-state index contributed by atoms with van der Waals surface area (Å²) in [5.74, 6) is -1.35. The standard InChI is InChI=1S/C29H56O4/c1-3-5-7-9-11-13-15-17-19-21-23-25-27(29(31)32)33-28(30)26-24-22-20-18-16-14-12-10-8-6-4-2/h27H,3-26H2,1-2H3,(H,31,32). The Morgan fingerprint density at radius 3 is 1.24 bits per heavy atom. The van der Waals surface area contributed by atoms with Crippen molar-refractivity contribution in [2.24, 2.45) is 0 Å². The summed E-state index contributed by atoms with van der Waals surface area (Å²) < 4.78 is 5.26. The van der Waals surface area contributed by atoms with Crippen LogP contribution in [0.5, 0.6) is 0 Å². The van der Waals surface area contributed by atoms with Crippen LogP contribution >= 0.6 is 0 Å². The zero-order valence-electron chi connectivity index (χ0n) is 22.2. The van der Waals surface area contributed by atoms with E-state index in [0.29, 0.717) is 12.8 Å². The van der Waals surface area contributed by atoms with Crippen molar-refractivity contribution in [2.75, 3.05) is 0 Å². The van der Waals surface area contributed by atoms with E-state index in [1.165, 1.54) is 103 Å². The molecule has 0 aliphatic rings. The van der Waals surface area contributed by atoms with Gasteiger partial charge in [-0.05, 0) is 19.3 Å². The second kappa shape index (κ2) is 25.6. The first-order chi connectivity index (χ1) is 16.1. The van der Waals surface area contributed by atoms with E-state index in [2.05, 4.69) is 13.8 Å². The fraction of sp³-hybridized carbons (Fsp3) is 0.931. The molecular weight excluding hydrogens is 412 g/mol. The fourth-order valence-electron chi connectivity index (χ4n) is 4.38. The lowest BCUT2D eigenvalue weighted by atomic mass is 10.0. The molecule has 0 rings (SSSR count). The maximum Gasteiger partial charge on any atom is 0.345 e. The average Bonchev–Trinajstić information content (AvgIpc) is 2.80. The highest BCUT2D eigenvalue weighted by Crippen LogP contribution is 2.15. The molecule has 0 fully saturated rings. The molecule has 0 aromatic carbocycles. The molecule has 0 aromatic rings. The number of rotatable bonds is 26. The summed E-state index contributed by atoms with van der Waals surface area (Å²) in [6.07, 6.45) is 26.9. The molecule has 0 spiro atoms. The van der Waals surface area contributed by atoms with Gasteiger partial charge in [0.15, 0.2) is 6.10 Å². The smallest absolute Gasteiger partial charge is 0.345 e. The largest absolute Gasteiger partial charge is 0.479 e. The highest BCUT2D eigenvalue weighted by Gasteiger charge is 2.21. The van der Waals surface area contributed by atoms with Gasteiger partial charge in [0.05, 0.1) is 0 Å². The molecule has 0 heterocycles. The van der Waals surface area contributed by atoms with Gasteiger partial charge in [-0.3, -0.25) is 4.79 Å². The minimum Gasteiger partial charge on any atom is -0.479 e. The van der Waals surface area contributed by atoms with Gasteiger partial charge in [0.25, 0.3) is 0 Å². The molecule has 0 aliphatic carbocycles. The first-order valence-electron chi connectivity index (χ1n) is 14.5. The molecule has 0 bridgehead atoms. The lowest BCUT2D eigenvalue weighted by Crippen LogP contribution is -2.27. The quantitative estimate of drug-likeness (QED) is 0.101. The molecule has 0 saturated carbocycles. The summed E-state index contributed by atoms with van der Waals surface area (Å²) in [6, 6.07) is 0. The van der Waals surface area contributed by atoms with Gasteiger partial charge in [0.1, 0.15) is 0 Å². The molecule has 1 N–H and O–H groups in total. The molecular formula is C29H56O4. The molecule has 0 saturated heterocycles. The Morgan fingerprint density at radius 1 is 0.545 bits per heavy atom. The Balaban J connectivity index is 3.59. The van der Waals surface area contributed by atoms with Crippen molar-refractivity contribution in [1.82, 2.24) is 0 Å². The highest BCUT2D eigenvalue weighted by atomic mass is 16.6. The summed E-state index contributed by atoms with van der Waals surface area (Å²) in [6.45, 7) is 4.49. The van der Waals surface area contributed by atoms with Crippen LogP contribution in [-0.4, -0.2) is 23.1 Å².